The summed E-state index contributed by atoms with van der Waals surface area (Å²) < 4.78 is 12.6. The van der Waals surface area contributed by atoms with E-state index in [0.29, 0.717) is 28.0 Å². The first-order valence-corrected chi connectivity index (χ1v) is 13.5. The van der Waals surface area contributed by atoms with Gasteiger partial charge in [0.1, 0.15) is 11.5 Å². The van der Waals surface area contributed by atoms with E-state index < -0.39 is 0 Å². The number of benzene rings is 3. The molecular weight excluding hydrogens is 510 g/mol. The normalized spacial score (nSPS) is 11.5. The second kappa shape index (κ2) is 12.2. The highest BCUT2D eigenvalue weighted by molar-refractivity contribution is 7.99. The Labute approximate surface area is 233 Å². The van der Waals surface area contributed by atoms with Crippen LogP contribution in [0.5, 0.6) is 11.5 Å². The van der Waals surface area contributed by atoms with Gasteiger partial charge in [0, 0.05) is 16.8 Å². The highest BCUT2D eigenvalue weighted by Gasteiger charge is 2.19. The average Bonchev–Trinajstić information content (AvgIpc) is 3.35. The summed E-state index contributed by atoms with van der Waals surface area (Å²) in [5.41, 5.74) is 7.58. The Hall–Kier alpha value is -4.11. The molecule has 0 aliphatic heterocycles. The van der Waals surface area contributed by atoms with Gasteiger partial charge in [-0.25, -0.2) is 5.43 Å². The lowest BCUT2D eigenvalue weighted by atomic mass is 9.87. The topological polar surface area (TPSA) is 90.6 Å². The number of hydrazone groups is 1. The molecule has 1 heterocycles. The van der Waals surface area contributed by atoms with Crippen LogP contribution in [-0.2, 0) is 10.2 Å². The van der Waals surface area contributed by atoms with Gasteiger partial charge in [-0.3, -0.25) is 9.36 Å². The van der Waals surface area contributed by atoms with Gasteiger partial charge in [-0.05, 0) is 48.2 Å². The molecule has 9 heteroatoms. The third-order valence-electron chi connectivity index (χ3n) is 6.10. The number of aryl methyl sites for hydroxylation is 1. The van der Waals surface area contributed by atoms with Crippen molar-refractivity contribution in [3.63, 3.8) is 0 Å². The number of hydrogen-bond acceptors (Lipinski definition) is 7. The van der Waals surface area contributed by atoms with E-state index in [9.17, 15) is 4.79 Å². The van der Waals surface area contributed by atoms with Crippen LogP contribution in [0.1, 0.15) is 37.5 Å². The van der Waals surface area contributed by atoms with Crippen LogP contribution in [-0.4, -0.2) is 46.9 Å². The minimum Gasteiger partial charge on any atom is -0.497 e. The molecule has 1 N–H and O–H groups in total. The fraction of sp³-hybridized carbons (Fsp3) is 0.267. The van der Waals surface area contributed by atoms with Crippen molar-refractivity contribution in [2.75, 3.05) is 20.0 Å². The van der Waals surface area contributed by atoms with Gasteiger partial charge in [-0.2, -0.15) is 5.10 Å². The maximum atomic E-state index is 12.6. The van der Waals surface area contributed by atoms with Crippen molar-refractivity contribution in [1.82, 2.24) is 20.2 Å². The molecular formula is C30H33N5O3S. The molecule has 0 saturated heterocycles. The van der Waals surface area contributed by atoms with Gasteiger partial charge in [-0.15, -0.1) is 10.2 Å². The Bertz CT molecular complexity index is 1460. The molecule has 0 radical (unpaired) electrons. The molecule has 0 saturated carbocycles. The molecule has 0 aliphatic rings. The molecule has 0 bridgehead atoms. The molecule has 202 valence electrons. The first-order chi connectivity index (χ1) is 18.7. The van der Waals surface area contributed by atoms with E-state index in [1.807, 2.05) is 35.8 Å². The smallest absolute Gasteiger partial charge is 0.250 e. The summed E-state index contributed by atoms with van der Waals surface area (Å²) in [6.07, 6.45) is 1.53. The van der Waals surface area contributed by atoms with Crippen LogP contribution in [0.2, 0.25) is 0 Å². The zero-order valence-electron chi connectivity index (χ0n) is 23.1. The number of nitrogens with zero attached hydrogens (tertiary/aromatic N) is 4. The molecule has 39 heavy (non-hydrogen) atoms. The first-order valence-electron chi connectivity index (χ1n) is 12.5. The summed E-state index contributed by atoms with van der Waals surface area (Å²) in [6, 6.07) is 21.9. The molecule has 0 atom stereocenters. The van der Waals surface area contributed by atoms with Crippen LogP contribution in [0.3, 0.4) is 0 Å². The number of thioether (sulfide) groups is 1. The maximum absolute atomic E-state index is 12.6. The number of methoxy groups -OCH3 is 2. The van der Waals surface area contributed by atoms with Crippen molar-refractivity contribution in [1.29, 1.82) is 0 Å². The molecule has 0 aliphatic carbocycles. The fourth-order valence-electron chi connectivity index (χ4n) is 3.87. The maximum Gasteiger partial charge on any atom is 0.250 e. The summed E-state index contributed by atoms with van der Waals surface area (Å²) in [5, 5.41) is 13.6. The highest BCUT2D eigenvalue weighted by Crippen LogP contribution is 2.30. The number of aromatic nitrogens is 3. The third-order valence-corrected chi connectivity index (χ3v) is 7.03. The number of carbonyl (C=O) groups is 1. The molecule has 4 rings (SSSR count). The second-order valence-electron chi connectivity index (χ2n) is 9.99. The van der Waals surface area contributed by atoms with E-state index in [0.717, 1.165) is 16.8 Å². The van der Waals surface area contributed by atoms with Crippen LogP contribution < -0.4 is 14.9 Å². The summed E-state index contributed by atoms with van der Waals surface area (Å²) in [6.45, 7) is 8.61. The van der Waals surface area contributed by atoms with Crippen molar-refractivity contribution >= 4 is 23.9 Å². The Morgan fingerprint density at radius 3 is 2.36 bits per heavy atom. The van der Waals surface area contributed by atoms with Gasteiger partial charge in [0.05, 0.1) is 26.2 Å². The lowest BCUT2D eigenvalue weighted by molar-refractivity contribution is -0.118. The largest absolute Gasteiger partial charge is 0.497 e. The Balaban J connectivity index is 1.53. The van der Waals surface area contributed by atoms with E-state index in [2.05, 4.69) is 65.8 Å². The summed E-state index contributed by atoms with van der Waals surface area (Å²) >= 11 is 1.30. The molecule has 0 unspecified atom stereocenters. The molecule has 8 nitrogen and oxygen atoms in total. The predicted octanol–water partition coefficient (Wildman–Crippen LogP) is 5.80. The minimum absolute atomic E-state index is 0.0533. The molecule has 0 fully saturated rings. The van der Waals surface area contributed by atoms with Crippen LogP contribution in [0, 0.1) is 6.92 Å². The fourth-order valence-corrected chi connectivity index (χ4v) is 4.62. The zero-order chi connectivity index (χ0) is 28.0. The lowest BCUT2D eigenvalue weighted by Gasteiger charge is -2.19. The predicted molar refractivity (Wildman–Crippen MR) is 156 cm³/mol. The van der Waals surface area contributed by atoms with Gasteiger partial charge >= 0.3 is 0 Å². The van der Waals surface area contributed by atoms with Crippen molar-refractivity contribution in [2.45, 2.75) is 38.3 Å². The third kappa shape index (κ3) is 6.86. The standard InChI is InChI=1S/C30H33N5O3S/c1-20-7-13-24(14-8-20)35-28(21-9-11-23(12-10-21)30(2,3)4)33-34-29(35)39-19-27(36)32-31-18-22-17-25(37-5)15-16-26(22)38-6/h7-18H,19H2,1-6H3,(H,32,36). The van der Waals surface area contributed by atoms with Crippen LogP contribution in [0.15, 0.2) is 77.0 Å². The summed E-state index contributed by atoms with van der Waals surface area (Å²) in [7, 11) is 3.16. The van der Waals surface area contributed by atoms with Gasteiger partial charge in [-0.1, -0.05) is 74.5 Å². The molecule has 0 spiro atoms. The molecule has 1 aromatic heterocycles. The Kier molecular flexibility index (Phi) is 8.71. The van der Waals surface area contributed by atoms with E-state index in [4.69, 9.17) is 9.47 Å². The van der Waals surface area contributed by atoms with Crippen LogP contribution in [0.25, 0.3) is 17.1 Å². The van der Waals surface area contributed by atoms with E-state index >= 15 is 0 Å². The number of ether oxygens (including phenoxy) is 2. The summed E-state index contributed by atoms with van der Waals surface area (Å²) in [5.74, 6) is 1.84. The van der Waals surface area contributed by atoms with E-state index in [1.54, 1.807) is 32.4 Å². The van der Waals surface area contributed by atoms with Gasteiger partial charge in [0.2, 0.25) is 0 Å². The second-order valence-corrected chi connectivity index (χ2v) is 10.9. The molecule has 4 aromatic rings. The van der Waals surface area contributed by atoms with Crippen molar-refractivity contribution < 1.29 is 14.3 Å². The lowest BCUT2D eigenvalue weighted by Crippen LogP contribution is -2.20. The van der Waals surface area contributed by atoms with Gasteiger partial charge in [0.25, 0.3) is 5.91 Å². The molecule has 1 amide bonds. The number of amides is 1. The average molecular weight is 544 g/mol. The highest BCUT2D eigenvalue weighted by atomic mass is 32.2. The first kappa shape index (κ1) is 27.9. The van der Waals surface area contributed by atoms with Crippen molar-refractivity contribution in [2.24, 2.45) is 5.10 Å². The Morgan fingerprint density at radius 2 is 1.72 bits per heavy atom. The van der Waals surface area contributed by atoms with Crippen LogP contribution in [0.4, 0.5) is 0 Å². The number of carbonyl (C=O) groups excluding carboxylic acids is 1. The van der Waals surface area contributed by atoms with E-state index in [-0.39, 0.29) is 17.1 Å². The Morgan fingerprint density at radius 1 is 1.00 bits per heavy atom. The van der Waals surface area contributed by atoms with Crippen molar-refractivity contribution in [3.8, 4) is 28.6 Å². The SMILES string of the molecule is COc1ccc(OC)c(C=NNC(=O)CSc2nnc(-c3ccc(C(C)(C)C)cc3)n2-c2ccc(C)cc2)c1. The number of rotatable bonds is 9. The summed E-state index contributed by atoms with van der Waals surface area (Å²) in [4.78, 5) is 12.6. The monoisotopic (exact) mass is 543 g/mol. The number of hydrogen-bond donors (Lipinski definition) is 1. The van der Waals surface area contributed by atoms with E-state index in [1.165, 1.54) is 23.5 Å². The van der Waals surface area contributed by atoms with Crippen molar-refractivity contribution in [3.05, 3.63) is 83.4 Å². The minimum atomic E-state index is -0.271. The molecule has 3 aromatic carbocycles. The van der Waals surface area contributed by atoms with Gasteiger partial charge < -0.3 is 9.47 Å². The quantitative estimate of drug-likeness (QED) is 0.163. The zero-order valence-corrected chi connectivity index (χ0v) is 23.9. The van der Waals surface area contributed by atoms with Crippen LogP contribution >= 0.6 is 11.8 Å². The van der Waals surface area contributed by atoms with Gasteiger partial charge in [0.15, 0.2) is 11.0 Å². The number of nitrogens with one attached hydrogen (secondary N) is 1.